The SMILES string of the molecule is CN(C(=O)c1ncccc1O)C1CCCNCC1. The highest BCUT2D eigenvalue weighted by molar-refractivity contribution is 5.94. The van der Waals surface area contributed by atoms with Crippen molar-refractivity contribution >= 4 is 5.91 Å². The molecule has 0 aromatic carbocycles. The maximum Gasteiger partial charge on any atom is 0.276 e. The first kappa shape index (κ1) is 12.8. The van der Waals surface area contributed by atoms with Crippen molar-refractivity contribution in [3.8, 4) is 5.75 Å². The Labute approximate surface area is 107 Å². The normalized spacial score (nSPS) is 20.2. The Kier molecular flexibility index (Phi) is 4.15. The lowest BCUT2D eigenvalue weighted by Crippen LogP contribution is -2.38. The molecular weight excluding hydrogens is 230 g/mol. The summed E-state index contributed by atoms with van der Waals surface area (Å²) in [5.74, 6) is -0.263. The second-order valence-corrected chi connectivity index (χ2v) is 4.62. The minimum Gasteiger partial charge on any atom is -0.505 e. The summed E-state index contributed by atoms with van der Waals surface area (Å²) in [5, 5.41) is 13.0. The third-order valence-electron chi connectivity index (χ3n) is 3.40. The number of pyridine rings is 1. The van der Waals surface area contributed by atoms with Gasteiger partial charge in [0.1, 0.15) is 5.75 Å². The fraction of sp³-hybridized carbons (Fsp3) is 0.538. The van der Waals surface area contributed by atoms with Crippen LogP contribution in [0.15, 0.2) is 18.3 Å². The van der Waals surface area contributed by atoms with Crippen LogP contribution in [0.4, 0.5) is 0 Å². The number of carbonyl (C=O) groups excluding carboxylic acids is 1. The summed E-state index contributed by atoms with van der Waals surface area (Å²) in [5.41, 5.74) is 0.136. The molecule has 98 valence electrons. The fourth-order valence-electron chi connectivity index (χ4n) is 2.28. The minimum atomic E-state index is -0.208. The summed E-state index contributed by atoms with van der Waals surface area (Å²) in [4.78, 5) is 17.9. The van der Waals surface area contributed by atoms with E-state index in [0.29, 0.717) is 0 Å². The predicted octanol–water partition coefficient (Wildman–Crippen LogP) is 1.00. The van der Waals surface area contributed by atoms with E-state index < -0.39 is 0 Å². The van der Waals surface area contributed by atoms with E-state index in [0.717, 1.165) is 32.4 Å². The highest BCUT2D eigenvalue weighted by Crippen LogP contribution is 2.18. The topological polar surface area (TPSA) is 65.5 Å². The van der Waals surface area contributed by atoms with Crippen molar-refractivity contribution in [2.75, 3.05) is 20.1 Å². The number of carbonyl (C=O) groups is 1. The Balaban J connectivity index is 2.10. The van der Waals surface area contributed by atoms with E-state index in [2.05, 4.69) is 10.3 Å². The smallest absolute Gasteiger partial charge is 0.276 e. The second-order valence-electron chi connectivity index (χ2n) is 4.62. The third-order valence-corrected chi connectivity index (χ3v) is 3.40. The van der Waals surface area contributed by atoms with Gasteiger partial charge in [-0.05, 0) is 44.5 Å². The van der Waals surface area contributed by atoms with Crippen LogP contribution in [0.5, 0.6) is 5.75 Å². The van der Waals surface area contributed by atoms with Gasteiger partial charge in [-0.2, -0.15) is 0 Å². The van der Waals surface area contributed by atoms with Crippen molar-refractivity contribution in [3.05, 3.63) is 24.0 Å². The standard InChI is InChI=1S/C13H19N3O2/c1-16(10-4-2-7-14-9-6-10)13(18)12-11(17)5-3-8-15-12/h3,5,8,10,14,17H,2,4,6-7,9H2,1H3. The average molecular weight is 249 g/mol. The van der Waals surface area contributed by atoms with Gasteiger partial charge >= 0.3 is 0 Å². The molecule has 0 bridgehead atoms. The predicted molar refractivity (Wildman–Crippen MR) is 68.5 cm³/mol. The number of rotatable bonds is 2. The van der Waals surface area contributed by atoms with E-state index >= 15 is 0 Å². The van der Waals surface area contributed by atoms with E-state index in [4.69, 9.17) is 0 Å². The van der Waals surface area contributed by atoms with Crippen LogP contribution in [-0.4, -0.2) is 47.1 Å². The number of hydrogen-bond acceptors (Lipinski definition) is 4. The molecule has 2 heterocycles. The molecule has 1 amide bonds. The van der Waals surface area contributed by atoms with Gasteiger partial charge in [0.2, 0.25) is 0 Å². The van der Waals surface area contributed by atoms with E-state index in [1.807, 2.05) is 0 Å². The number of amides is 1. The number of aromatic hydroxyl groups is 1. The fourth-order valence-corrected chi connectivity index (χ4v) is 2.28. The summed E-state index contributed by atoms with van der Waals surface area (Å²) in [6.45, 7) is 1.93. The minimum absolute atomic E-state index is 0.0545. The Hall–Kier alpha value is -1.62. The molecule has 2 rings (SSSR count). The molecule has 1 aliphatic heterocycles. The van der Waals surface area contributed by atoms with Crippen molar-refractivity contribution in [3.63, 3.8) is 0 Å². The molecule has 5 nitrogen and oxygen atoms in total. The van der Waals surface area contributed by atoms with Crippen molar-refractivity contribution in [2.24, 2.45) is 0 Å². The number of aromatic nitrogens is 1. The van der Waals surface area contributed by atoms with Crippen LogP contribution >= 0.6 is 0 Å². The van der Waals surface area contributed by atoms with Gasteiger partial charge in [0.05, 0.1) is 0 Å². The highest BCUT2D eigenvalue weighted by Gasteiger charge is 2.24. The van der Waals surface area contributed by atoms with Crippen molar-refractivity contribution < 1.29 is 9.90 Å². The molecule has 0 radical (unpaired) electrons. The first-order valence-corrected chi connectivity index (χ1v) is 6.32. The zero-order valence-corrected chi connectivity index (χ0v) is 10.6. The lowest BCUT2D eigenvalue weighted by Gasteiger charge is -2.26. The molecule has 2 N–H and O–H groups in total. The quantitative estimate of drug-likeness (QED) is 0.820. The molecule has 0 saturated carbocycles. The molecular formula is C13H19N3O2. The molecule has 1 unspecified atom stereocenters. The first-order chi connectivity index (χ1) is 8.70. The molecule has 0 spiro atoms. The average Bonchev–Trinajstić information content (AvgIpc) is 2.66. The van der Waals surface area contributed by atoms with Gasteiger partial charge in [-0.15, -0.1) is 0 Å². The Morgan fingerprint density at radius 2 is 2.33 bits per heavy atom. The molecule has 0 aliphatic carbocycles. The monoisotopic (exact) mass is 249 g/mol. The van der Waals surface area contributed by atoms with Crippen molar-refractivity contribution in [1.82, 2.24) is 15.2 Å². The third kappa shape index (κ3) is 2.79. The summed E-state index contributed by atoms with van der Waals surface area (Å²) in [6.07, 6.45) is 4.52. The van der Waals surface area contributed by atoms with Crippen molar-refractivity contribution in [1.29, 1.82) is 0 Å². The van der Waals surface area contributed by atoms with E-state index in [-0.39, 0.29) is 23.4 Å². The van der Waals surface area contributed by atoms with Crippen molar-refractivity contribution in [2.45, 2.75) is 25.3 Å². The molecule has 18 heavy (non-hydrogen) atoms. The van der Waals surface area contributed by atoms with Crippen LogP contribution in [0.2, 0.25) is 0 Å². The second kappa shape index (κ2) is 5.82. The molecule has 1 saturated heterocycles. The van der Waals surface area contributed by atoms with Gasteiger partial charge in [0, 0.05) is 19.3 Å². The summed E-state index contributed by atoms with van der Waals surface area (Å²) >= 11 is 0. The van der Waals surface area contributed by atoms with Crippen LogP contribution in [0, 0.1) is 0 Å². The summed E-state index contributed by atoms with van der Waals surface area (Å²) in [7, 11) is 1.78. The van der Waals surface area contributed by atoms with E-state index in [1.54, 1.807) is 18.0 Å². The highest BCUT2D eigenvalue weighted by atomic mass is 16.3. The van der Waals surface area contributed by atoms with Gasteiger partial charge in [-0.25, -0.2) is 4.98 Å². The first-order valence-electron chi connectivity index (χ1n) is 6.32. The lowest BCUT2D eigenvalue weighted by molar-refractivity contribution is 0.0711. The zero-order valence-electron chi connectivity index (χ0n) is 10.6. The molecule has 1 aliphatic rings. The van der Waals surface area contributed by atoms with Gasteiger partial charge < -0.3 is 15.3 Å². The largest absolute Gasteiger partial charge is 0.505 e. The van der Waals surface area contributed by atoms with Crippen LogP contribution in [0.1, 0.15) is 29.8 Å². The number of nitrogens with one attached hydrogen (secondary N) is 1. The van der Waals surface area contributed by atoms with E-state index in [9.17, 15) is 9.90 Å². The maximum absolute atomic E-state index is 12.3. The van der Waals surface area contributed by atoms with Gasteiger partial charge in [-0.3, -0.25) is 4.79 Å². The van der Waals surface area contributed by atoms with E-state index in [1.165, 1.54) is 12.3 Å². The lowest BCUT2D eigenvalue weighted by atomic mass is 10.1. The number of nitrogens with zero attached hydrogens (tertiary/aromatic N) is 2. The molecule has 1 aromatic rings. The maximum atomic E-state index is 12.3. The van der Waals surface area contributed by atoms with Crippen LogP contribution in [0.3, 0.4) is 0 Å². The van der Waals surface area contributed by atoms with Crippen LogP contribution in [0.25, 0.3) is 0 Å². The summed E-state index contributed by atoms with van der Waals surface area (Å²) < 4.78 is 0. The molecule has 5 heteroatoms. The van der Waals surface area contributed by atoms with Crippen LogP contribution < -0.4 is 5.32 Å². The molecule has 1 aromatic heterocycles. The molecule has 1 atom stereocenters. The Morgan fingerprint density at radius 3 is 3.11 bits per heavy atom. The van der Waals surface area contributed by atoms with Crippen LogP contribution in [-0.2, 0) is 0 Å². The Bertz CT molecular complexity index is 414. The Morgan fingerprint density at radius 1 is 1.50 bits per heavy atom. The van der Waals surface area contributed by atoms with Gasteiger partial charge in [0.15, 0.2) is 5.69 Å². The van der Waals surface area contributed by atoms with Gasteiger partial charge in [-0.1, -0.05) is 0 Å². The number of hydrogen-bond donors (Lipinski definition) is 2. The summed E-state index contributed by atoms with van der Waals surface area (Å²) in [6, 6.07) is 3.32. The molecule has 1 fully saturated rings. The zero-order chi connectivity index (χ0) is 13.0. The van der Waals surface area contributed by atoms with Gasteiger partial charge in [0.25, 0.3) is 5.91 Å².